The molecule has 0 saturated heterocycles. The van der Waals surface area contributed by atoms with E-state index in [-0.39, 0.29) is 44.7 Å². The molecule has 1 aromatic rings. The molecule has 0 aliphatic rings. The van der Waals surface area contributed by atoms with E-state index in [1.807, 2.05) is 0 Å². The van der Waals surface area contributed by atoms with Crippen molar-refractivity contribution in [1.29, 1.82) is 0 Å². The predicted octanol–water partition coefficient (Wildman–Crippen LogP) is 6.73. The van der Waals surface area contributed by atoms with E-state index in [0.717, 1.165) is 44.1 Å². The zero-order chi connectivity index (χ0) is 34.9. The van der Waals surface area contributed by atoms with Gasteiger partial charge in [-0.15, -0.1) is 0 Å². The second kappa shape index (κ2) is 25.0. The number of methoxy groups -OCH3 is 1. The number of carbonyl (C=O) groups is 4. The zero-order valence-corrected chi connectivity index (χ0v) is 28.8. The number of hydrogen-bond donors (Lipinski definition) is 3. The van der Waals surface area contributed by atoms with Crippen molar-refractivity contribution in [2.75, 3.05) is 27.0 Å². The Kier molecular flexibility index (Phi) is 22.3. The molecule has 0 heterocycles. The zero-order valence-electron chi connectivity index (χ0n) is 28.8. The van der Waals surface area contributed by atoms with Crippen molar-refractivity contribution in [3.8, 4) is 5.75 Å². The van der Waals surface area contributed by atoms with Gasteiger partial charge in [0.2, 0.25) is 5.91 Å². The van der Waals surface area contributed by atoms with Crippen LogP contribution in [0.25, 0.3) is 0 Å². The van der Waals surface area contributed by atoms with Gasteiger partial charge in [-0.05, 0) is 49.8 Å². The Labute approximate surface area is 280 Å². The van der Waals surface area contributed by atoms with E-state index in [1.165, 1.54) is 32.4 Å². The van der Waals surface area contributed by atoms with Gasteiger partial charge in [0, 0.05) is 45.8 Å². The highest BCUT2D eigenvalue weighted by Gasteiger charge is 2.47. The molecule has 266 valence electrons. The van der Waals surface area contributed by atoms with Crippen LogP contribution in [0, 0.1) is 5.92 Å². The first kappa shape index (κ1) is 41.9. The maximum atomic E-state index is 13.6. The fourth-order valence-corrected chi connectivity index (χ4v) is 5.29. The number of nitrogens with one attached hydrogen (secondary N) is 1. The van der Waals surface area contributed by atoms with E-state index < -0.39 is 36.1 Å². The van der Waals surface area contributed by atoms with Crippen LogP contribution in [0.4, 0.5) is 4.39 Å². The van der Waals surface area contributed by atoms with Gasteiger partial charge in [-0.2, -0.15) is 0 Å². The second-order valence-electron chi connectivity index (χ2n) is 12.2. The molecule has 0 spiro atoms. The molecular weight excluding hydrogens is 605 g/mol. The number of carboxylic acids is 1. The van der Waals surface area contributed by atoms with Gasteiger partial charge in [0.1, 0.15) is 11.5 Å². The van der Waals surface area contributed by atoms with Crippen molar-refractivity contribution in [3.05, 3.63) is 42.0 Å². The fourth-order valence-electron chi connectivity index (χ4n) is 5.29. The summed E-state index contributed by atoms with van der Waals surface area (Å²) < 4.78 is 22.9. The molecule has 0 bridgehead atoms. The maximum Gasteiger partial charge on any atom is 0.336 e. The number of allylic oxidation sites excluding steroid dienone is 1. The first-order chi connectivity index (χ1) is 22.6. The molecule has 1 aromatic carbocycles. The van der Waals surface area contributed by atoms with Crippen LogP contribution >= 0.6 is 0 Å². The minimum absolute atomic E-state index is 0.0883. The van der Waals surface area contributed by atoms with Crippen molar-refractivity contribution in [1.82, 2.24) is 5.32 Å². The first-order valence-corrected chi connectivity index (χ1v) is 17.4. The Balaban J connectivity index is 2.85. The SMILES string of the molecule is CCCCCCCC(=O)CCCCCC/C=C/[C@H](C(=O)N[C@@H](Cc1ccc(OCCCF)cc1)C(=O)CC)[C@@](O)(CCOC)C(=O)O. The van der Waals surface area contributed by atoms with Gasteiger partial charge in [0.25, 0.3) is 0 Å². The van der Waals surface area contributed by atoms with Crippen LogP contribution in [0.2, 0.25) is 0 Å². The highest BCUT2D eigenvalue weighted by Crippen LogP contribution is 2.26. The molecule has 1 rings (SSSR count). The maximum absolute atomic E-state index is 13.6. The summed E-state index contributed by atoms with van der Waals surface area (Å²) in [5.74, 6) is -3.17. The fraction of sp³-hybridized carbons (Fsp3) is 0.676. The summed E-state index contributed by atoms with van der Waals surface area (Å²) >= 11 is 0. The summed E-state index contributed by atoms with van der Waals surface area (Å²) in [6.45, 7) is 3.53. The lowest BCUT2D eigenvalue weighted by atomic mass is 9.82. The van der Waals surface area contributed by atoms with E-state index in [4.69, 9.17) is 9.47 Å². The highest BCUT2D eigenvalue weighted by molar-refractivity contribution is 5.94. The van der Waals surface area contributed by atoms with Crippen molar-refractivity contribution < 1.29 is 43.3 Å². The average molecular weight is 664 g/mol. The molecule has 0 unspecified atom stereocenters. The number of halogens is 1. The molecule has 0 aromatic heterocycles. The molecule has 10 heteroatoms. The minimum Gasteiger partial charge on any atom is -0.494 e. The summed E-state index contributed by atoms with van der Waals surface area (Å²) in [5, 5.41) is 24.0. The number of rotatable bonds is 29. The van der Waals surface area contributed by atoms with Gasteiger partial charge in [0.05, 0.1) is 25.2 Å². The lowest BCUT2D eigenvalue weighted by Gasteiger charge is -2.31. The van der Waals surface area contributed by atoms with E-state index in [2.05, 4.69) is 12.2 Å². The molecule has 1 amide bonds. The normalized spacial score (nSPS) is 14.0. The number of aliphatic carboxylic acids is 1. The van der Waals surface area contributed by atoms with E-state index in [1.54, 1.807) is 37.3 Å². The molecule has 0 radical (unpaired) electrons. The van der Waals surface area contributed by atoms with Crippen molar-refractivity contribution in [2.24, 2.45) is 5.92 Å². The third-order valence-corrected chi connectivity index (χ3v) is 8.28. The summed E-state index contributed by atoms with van der Waals surface area (Å²) in [6.07, 6.45) is 14.2. The molecule has 9 nitrogen and oxygen atoms in total. The van der Waals surface area contributed by atoms with Crippen molar-refractivity contribution in [2.45, 2.75) is 128 Å². The van der Waals surface area contributed by atoms with Crippen molar-refractivity contribution in [3.63, 3.8) is 0 Å². The second-order valence-corrected chi connectivity index (χ2v) is 12.2. The van der Waals surface area contributed by atoms with Crippen LogP contribution in [-0.2, 0) is 30.3 Å². The number of alkyl halides is 1. The molecule has 3 atom stereocenters. The molecular formula is C37H58FNO8. The Morgan fingerprint density at radius 3 is 2.13 bits per heavy atom. The third-order valence-electron chi connectivity index (χ3n) is 8.28. The van der Waals surface area contributed by atoms with E-state index in [9.17, 15) is 33.8 Å². The smallest absolute Gasteiger partial charge is 0.336 e. The summed E-state index contributed by atoms with van der Waals surface area (Å²) in [5.41, 5.74) is -1.71. The average Bonchev–Trinajstić information content (AvgIpc) is 3.06. The van der Waals surface area contributed by atoms with Gasteiger partial charge < -0.3 is 25.0 Å². The minimum atomic E-state index is -2.45. The molecule has 0 fully saturated rings. The summed E-state index contributed by atoms with van der Waals surface area (Å²) in [7, 11) is 1.38. The quantitative estimate of drug-likeness (QED) is 0.0634. The number of hydrogen-bond acceptors (Lipinski definition) is 7. The predicted molar refractivity (Wildman–Crippen MR) is 181 cm³/mol. The topological polar surface area (TPSA) is 139 Å². The largest absolute Gasteiger partial charge is 0.494 e. The standard InChI is InChI=1S/C37H58FNO8/c1-4-6-7-10-13-17-30(40)18-14-11-8-9-12-15-19-32(37(45,36(43)44)24-27-46-3)35(42)39-33(34(41)5-2)28-29-20-22-31(23-21-29)47-26-16-25-38/h15,19-23,32-33,45H,4-14,16-18,24-28H2,1-3H3,(H,39,42)(H,43,44)/b19-15+/t32-,33+,37+/m1/s1. The molecule has 3 N–H and O–H groups in total. The van der Waals surface area contributed by atoms with Crippen LogP contribution in [0.3, 0.4) is 0 Å². The number of carbonyl (C=O) groups excluding carboxylic acids is 3. The van der Waals surface area contributed by atoms with Crippen LogP contribution in [0.1, 0.15) is 116 Å². The van der Waals surface area contributed by atoms with Gasteiger partial charge >= 0.3 is 5.97 Å². The number of Topliss-reactive ketones (excluding diaryl/α,β-unsaturated/α-hetero) is 2. The summed E-state index contributed by atoms with van der Waals surface area (Å²) in [6, 6.07) is 5.97. The Hall–Kier alpha value is -3.11. The molecule has 0 saturated carbocycles. The number of aliphatic hydroxyl groups is 1. The number of carboxylic acid groups (broad SMARTS) is 1. The Morgan fingerprint density at radius 1 is 0.915 bits per heavy atom. The Morgan fingerprint density at radius 2 is 1.55 bits per heavy atom. The number of ether oxygens (including phenoxy) is 2. The van der Waals surface area contributed by atoms with Crippen molar-refractivity contribution >= 4 is 23.4 Å². The first-order valence-electron chi connectivity index (χ1n) is 17.4. The van der Waals surface area contributed by atoms with Gasteiger partial charge in [0.15, 0.2) is 11.4 Å². The number of amides is 1. The van der Waals surface area contributed by atoms with Crippen LogP contribution in [-0.4, -0.2) is 72.3 Å². The lowest BCUT2D eigenvalue weighted by Crippen LogP contribution is -2.55. The number of ketones is 2. The van der Waals surface area contributed by atoms with E-state index in [0.29, 0.717) is 30.8 Å². The lowest BCUT2D eigenvalue weighted by molar-refractivity contribution is -0.168. The van der Waals surface area contributed by atoms with Gasteiger partial charge in [-0.1, -0.05) is 76.7 Å². The van der Waals surface area contributed by atoms with E-state index >= 15 is 0 Å². The third kappa shape index (κ3) is 17.0. The number of benzene rings is 1. The van der Waals surface area contributed by atoms with Gasteiger partial charge in [-0.3, -0.25) is 18.8 Å². The van der Waals surface area contributed by atoms with Crippen LogP contribution in [0.5, 0.6) is 5.75 Å². The van der Waals surface area contributed by atoms with Gasteiger partial charge in [-0.25, -0.2) is 4.79 Å². The monoisotopic (exact) mass is 663 g/mol. The molecule has 0 aliphatic carbocycles. The molecule has 47 heavy (non-hydrogen) atoms. The highest BCUT2D eigenvalue weighted by atomic mass is 19.1. The Bertz CT molecular complexity index is 1080. The van der Waals surface area contributed by atoms with Crippen LogP contribution < -0.4 is 10.1 Å². The number of unbranched alkanes of at least 4 members (excludes halogenated alkanes) is 8. The van der Waals surface area contributed by atoms with Crippen LogP contribution in [0.15, 0.2) is 36.4 Å². The summed E-state index contributed by atoms with van der Waals surface area (Å²) in [4.78, 5) is 50.9. The molecule has 0 aliphatic heterocycles.